The Morgan fingerprint density at radius 2 is 1.82 bits per heavy atom. The summed E-state index contributed by atoms with van der Waals surface area (Å²) in [6.45, 7) is 8.35. The molecule has 3 saturated carbocycles. The first-order valence-corrected chi connectivity index (χ1v) is 14.6. The second kappa shape index (κ2) is 9.33. The Morgan fingerprint density at radius 3 is 2.49 bits per heavy atom. The third kappa shape index (κ3) is 3.87. The Labute approximate surface area is 237 Å². The van der Waals surface area contributed by atoms with Gasteiger partial charge in [-0.2, -0.15) is 0 Å². The maximum absolute atomic E-state index is 15.8. The van der Waals surface area contributed by atoms with E-state index in [1.165, 1.54) is 6.08 Å². The van der Waals surface area contributed by atoms with Crippen molar-refractivity contribution >= 4 is 40.7 Å². The molecule has 0 aromatic heterocycles. The van der Waals surface area contributed by atoms with Crippen LogP contribution in [0.15, 0.2) is 23.6 Å². The first kappa shape index (κ1) is 29.2. The van der Waals surface area contributed by atoms with Gasteiger partial charge in [0, 0.05) is 16.4 Å². The molecule has 1 heterocycles. The van der Waals surface area contributed by atoms with E-state index >= 15 is 8.78 Å². The fourth-order valence-corrected chi connectivity index (χ4v) is 9.71. The van der Waals surface area contributed by atoms with Crippen LogP contribution in [0.25, 0.3) is 0 Å². The number of rotatable bonds is 2. The Morgan fingerprint density at radius 1 is 1.13 bits per heavy atom. The summed E-state index contributed by atoms with van der Waals surface area (Å²) in [5.41, 5.74) is -3.93. The van der Waals surface area contributed by atoms with Crippen molar-refractivity contribution < 1.29 is 37.4 Å². The number of esters is 1. The van der Waals surface area contributed by atoms with E-state index in [9.17, 15) is 14.4 Å². The summed E-state index contributed by atoms with van der Waals surface area (Å²) in [6, 6.07) is 0. The fraction of sp³-hybridized carbons (Fsp3) is 0.759. The average Bonchev–Trinajstić information content (AvgIpc) is 3.14. The molecule has 0 bridgehead atoms. The van der Waals surface area contributed by atoms with Crippen LogP contribution >= 0.6 is 23.2 Å². The summed E-state index contributed by atoms with van der Waals surface area (Å²) in [4.78, 5) is 37.5. The molecule has 1 spiro atoms. The minimum atomic E-state index is -1.74. The Hall–Kier alpha value is -1.35. The largest absolute Gasteiger partial charge is 0.456 e. The van der Waals surface area contributed by atoms with Gasteiger partial charge in [-0.25, -0.2) is 13.6 Å². The normalized spacial score (nSPS) is 47.6. The zero-order valence-electron chi connectivity index (χ0n) is 23.0. The number of cyclic esters (lactones) is 1. The second-order valence-corrected chi connectivity index (χ2v) is 13.8. The lowest BCUT2D eigenvalue weighted by atomic mass is 9.46. The van der Waals surface area contributed by atoms with Gasteiger partial charge in [0.25, 0.3) is 0 Å². The minimum absolute atomic E-state index is 0.135. The quantitative estimate of drug-likeness (QED) is 0.294. The molecule has 6 nitrogen and oxygen atoms in total. The first-order valence-electron chi connectivity index (χ1n) is 13.8. The summed E-state index contributed by atoms with van der Waals surface area (Å²) in [5, 5.41) is -0.831. The molecule has 0 aromatic rings. The second-order valence-electron chi connectivity index (χ2n) is 12.7. The molecule has 5 aliphatic rings. The van der Waals surface area contributed by atoms with Crippen LogP contribution < -0.4 is 0 Å². The Kier molecular flexibility index (Phi) is 6.98. The molecule has 9 atom stereocenters. The molecule has 10 heteroatoms. The molecule has 0 amide bonds. The van der Waals surface area contributed by atoms with E-state index in [1.54, 1.807) is 20.8 Å². The van der Waals surface area contributed by atoms with Crippen LogP contribution in [0.1, 0.15) is 73.1 Å². The van der Waals surface area contributed by atoms with Crippen LogP contribution in [0.3, 0.4) is 0 Å². The van der Waals surface area contributed by atoms with Gasteiger partial charge >= 0.3 is 5.97 Å². The number of fused-ring (bicyclic) bond motifs is 6. The molecular weight excluding hydrogens is 553 g/mol. The number of carbonyl (C=O) groups is 3. The predicted molar refractivity (Wildman–Crippen MR) is 141 cm³/mol. The number of hydrogen-bond donors (Lipinski definition) is 0. The summed E-state index contributed by atoms with van der Waals surface area (Å²) in [6.07, 6.45) is 1.88. The van der Waals surface area contributed by atoms with Gasteiger partial charge in [0.15, 0.2) is 24.3 Å². The molecule has 4 fully saturated rings. The highest BCUT2D eigenvalue weighted by Crippen LogP contribution is 2.73. The number of alkyl halides is 3. The third-order valence-corrected chi connectivity index (χ3v) is 11.8. The highest BCUT2D eigenvalue weighted by atomic mass is 35.5. The smallest absolute Gasteiger partial charge is 0.335 e. The van der Waals surface area contributed by atoms with Gasteiger partial charge in [0.2, 0.25) is 11.6 Å². The van der Waals surface area contributed by atoms with Crippen LogP contribution in [0, 0.1) is 22.7 Å². The topological polar surface area (TPSA) is 78.9 Å². The molecule has 1 saturated heterocycles. The summed E-state index contributed by atoms with van der Waals surface area (Å²) < 4.78 is 49.1. The lowest BCUT2D eigenvalue weighted by Gasteiger charge is -2.64. The summed E-state index contributed by atoms with van der Waals surface area (Å²) >= 11 is 14.6. The molecule has 4 aliphatic carbocycles. The van der Waals surface area contributed by atoms with E-state index in [0.29, 0.717) is 19.3 Å². The highest BCUT2D eigenvalue weighted by Gasteiger charge is 2.75. The highest BCUT2D eigenvalue weighted by molar-refractivity contribution is 6.34. The third-order valence-electron chi connectivity index (χ3n) is 10.2. The van der Waals surface area contributed by atoms with Crippen molar-refractivity contribution in [3.63, 3.8) is 0 Å². The summed E-state index contributed by atoms with van der Waals surface area (Å²) in [5.74, 6) is -5.19. The van der Waals surface area contributed by atoms with Crippen molar-refractivity contribution in [3.05, 3.63) is 23.6 Å². The first-order chi connectivity index (χ1) is 18.1. The van der Waals surface area contributed by atoms with Crippen molar-refractivity contribution in [2.24, 2.45) is 22.7 Å². The SMILES string of the molecule is CCCC1OC(C)(C)O[C@@]2(CC[C@H]3[C@@H]4C[C@H](F)C5=C(F)C(=O)C=C[C@]5(C)[C@@]4(Cl)[C@@H](Cl)C[C@@]32C)C(=O)COC1=O. The molecule has 216 valence electrons. The number of allylic oxidation sites excluding steroid dienone is 4. The molecule has 0 N–H and O–H groups in total. The standard InChI is InChI=1S/C29H36Cl2F2O6/c1-6-7-19-24(36)37-14-21(35)28(39-25(2,3)38-19)11-8-15-16-12-17(32)22-23(33)18(34)9-10-26(22,4)29(16,31)20(30)13-27(15,28)5/h9-10,15-17,19-20H,6-8,11-14H2,1-5H3/t15-,16-,17-,19?,20-,26-,27-,28-,29-/m0/s1. The van der Waals surface area contributed by atoms with Gasteiger partial charge in [-0.1, -0.05) is 33.3 Å². The maximum Gasteiger partial charge on any atom is 0.335 e. The van der Waals surface area contributed by atoms with E-state index in [1.807, 2.05) is 13.8 Å². The lowest BCUT2D eigenvalue weighted by molar-refractivity contribution is -0.298. The van der Waals surface area contributed by atoms with Crippen molar-refractivity contribution in [2.75, 3.05) is 6.61 Å². The maximum atomic E-state index is 15.8. The number of Topliss-reactive ketones (excluding diaryl/α,β-unsaturated/α-hetero) is 1. The van der Waals surface area contributed by atoms with Crippen molar-refractivity contribution in [3.8, 4) is 0 Å². The number of hydrogen-bond acceptors (Lipinski definition) is 6. The zero-order valence-corrected chi connectivity index (χ0v) is 24.5. The number of halogens is 4. The van der Waals surface area contributed by atoms with Gasteiger partial charge in [0.1, 0.15) is 11.8 Å². The van der Waals surface area contributed by atoms with E-state index < -0.39 is 80.6 Å². The van der Waals surface area contributed by atoms with Crippen molar-refractivity contribution in [1.82, 2.24) is 0 Å². The monoisotopic (exact) mass is 588 g/mol. The van der Waals surface area contributed by atoms with Gasteiger partial charge in [0.05, 0.1) is 10.3 Å². The minimum Gasteiger partial charge on any atom is -0.456 e. The van der Waals surface area contributed by atoms with Gasteiger partial charge in [-0.3, -0.25) is 9.59 Å². The van der Waals surface area contributed by atoms with Crippen molar-refractivity contribution in [1.29, 1.82) is 0 Å². The Bertz CT molecular complexity index is 1170. The van der Waals surface area contributed by atoms with Gasteiger partial charge < -0.3 is 14.2 Å². The average molecular weight is 590 g/mol. The lowest BCUT2D eigenvalue weighted by Crippen LogP contribution is -2.69. The molecule has 5 rings (SSSR count). The molecule has 39 heavy (non-hydrogen) atoms. The molecule has 1 unspecified atom stereocenters. The molecule has 0 aromatic carbocycles. The van der Waals surface area contributed by atoms with Crippen LogP contribution in [-0.4, -0.2) is 58.1 Å². The van der Waals surface area contributed by atoms with Gasteiger partial charge in [-0.05, 0) is 63.9 Å². The van der Waals surface area contributed by atoms with E-state index in [-0.39, 0.29) is 30.8 Å². The number of ketones is 2. The van der Waals surface area contributed by atoms with E-state index in [0.717, 1.165) is 6.08 Å². The van der Waals surface area contributed by atoms with Crippen LogP contribution in [0.4, 0.5) is 8.78 Å². The van der Waals surface area contributed by atoms with Crippen LogP contribution in [0.2, 0.25) is 0 Å². The predicted octanol–water partition coefficient (Wildman–Crippen LogP) is 5.92. The van der Waals surface area contributed by atoms with Gasteiger partial charge in [-0.15, -0.1) is 23.2 Å². The number of ether oxygens (including phenoxy) is 3. The van der Waals surface area contributed by atoms with E-state index in [2.05, 4.69) is 0 Å². The molecular formula is C29H36Cl2F2O6. The Balaban J connectivity index is 1.59. The molecule has 1 aliphatic heterocycles. The number of carbonyl (C=O) groups excluding carboxylic acids is 3. The molecule has 0 radical (unpaired) electrons. The van der Waals surface area contributed by atoms with Crippen LogP contribution in [-0.2, 0) is 28.6 Å². The van der Waals surface area contributed by atoms with Crippen LogP contribution in [0.5, 0.6) is 0 Å². The summed E-state index contributed by atoms with van der Waals surface area (Å²) in [7, 11) is 0. The zero-order chi connectivity index (χ0) is 28.8. The van der Waals surface area contributed by atoms with E-state index in [4.69, 9.17) is 37.4 Å². The van der Waals surface area contributed by atoms with Crippen molar-refractivity contribution in [2.45, 2.75) is 107 Å². The fourth-order valence-electron chi connectivity index (χ4n) is 8.52.